The molecule has 1 aliphatic carbocycles. The summed E-state index contributed by atoms with van der Waals surface area (Å²) < 4.78 is 8.46. The summed E-state index contributed by atoms with van der Waals surface area (Å²) in [4.78, 5) is 4.45. The van der Waals surface area contributed by atoms with E-state index in [-0.39, 0.29) is 11.6 Å². The van der Waals surface area contributed by atoms with Crippen LogP contribution in [0.3, 0.4) is 0 Å². The van der Waals surface area contributed by atoms with Crippen molar-refractivity contribution in [3.05, 3.63) is 47.8 Å². The molecule has 2 N–H and O–H groups in total. The summed E-state index contributed by atoms with van der Waals surface area (Å²) >= 11 is 0. The highest BCUT2D eigenvalue weighted by Crippen LogP contribution is 2.46. The number of ether oxygens (including phenoxy) is 1. The second kappa shape index (κ2) is 8.25. The number of aliphatic imine (C=N–C) groups is 1. The minimum absolute atomic E-state index is 0.0111. The maximum atomic E-state index is 6.47. The smallest absolute Gasteiger partial charge is 0.191 e. The van der Waals surface area contributed by atoms with E-state index in [0.717, 1.165) is 50.5 Å². The molecule has 1 aliphatic heterocycles. The van der Waals surface area contributed by atoms with Crippen molar-refractivity contribution >= 4 is 5.96 Å². The largest absolute Gasteiger partial charge is 0.487 e. The molecule has 1 aromatic heterocycles. The number of nitrogens with zero attached hydrogens (tertiary/aromatic N) is 3. The number of aryl methyl sites for hydroxylation is 2. The summed E-state index contributed by atoms with van der Waals surface area (Å²) in [5, 5.41) is 11.5. The van der Waals surface area contributed by atoms with Gasteiger partial charge in [0.2, 0.25) is 0 Å². The molecule has 1 aromatic carbocycles. The van der Waals surface area contributed by atoms with Crippen LogP contribution in [0.4, 0.5) is 0 Å². The molecule has 1 atom stereocenters. The number of nitrogens with one attached hydrogen (secondary N) is 2. The first-order valence-corrected chi connectivity index (χ1v) is 10.4. The SMILES string of the molecule is CN=C(NCCCn1cc(C)cn1)NC1CC2(CCCC2)Oc2ccccc21. The highest BCUT2D eigenvalue weighted by atomic mass is 16.5. The molecule has 1 fully saturated rings. The molecule has 150 valence electrons. The number of aromatic nitrogens is 2. The summed E-state index contributed by atoms with van der Waals surface area (Å²) in [7, 11) is 1.84. The molecule has 2 heterocycles. The highest BCUT2D eigenvalue weighted by molar-refractivity contribution is 5.80. The molecule has 2 aliphatic rings. The van der Waals surface area contributed by atoms with Gasteiger partial charge in [-0.2, -0.15) is 5.10 Å². The summed E-state index contributed by atoms with van der Waals surface area (Å²) in [6, 6.07) is 8.65. The van der Waals surface area contributed by atoms with E-state index < -0.39 is 0 Å². The van der Waals surface area contributed by atoms with E-state index in [4.69, 9.17) is 4.74 Å². The van der Waals surface area contributed by atoms with Gasteiger partial charge in [0.1, 0.15) is 11.4 Å². The van der Waals surface area contributed by atoms with Gasteiger partial charge in [-0.15, -0.1) is 0 Å². The second-order valence-electron chi connectivity index (χ2n) is 8.06. The first kappa shape index (κ1) is 18.8. The fraction of sp³-hybridized carbons (Fsp3) is 0.545. The van der Waals surface area contributed by atoms with Crippen molar-refractivity contribution in [2.75, 3.05) is 13.6 Å². The van der Waals surface area contributed by atoms with Crippen molar-refractivity contribution in [2.45, 2.75) is 63.6 Å². The Kier molecular flexibility index (Phi) is 5.55. The summed E-state index contributed by atoms with van der Waals surface area (Å²) in [6.45, 7) is 3.83. The fourth-order valence-corrected chi connectivity index (χ4v) is 4.47. The van der Waals surface area contributed by atoms with Gasteiger partial charge in [0, 0.05) is 38.3 Å². The molecular formula is C22H31N5O. The van der Waals surface area contributed by atoms with Crippen LogP contribution in [0, 0.1) is 6.92 Å². The lowest BCUT2D eigenvalue weighted by atomic mass is 9.86. The van der Waals surface area contributed by atoms with Crippen LogP contribution in [0.15, 0.2) is 41.7 Å². The minimum atomic E-state index is -0.0111. The fourth-order valence-electron chi connectivity index (χ4n) is 4.47. The van der Waals surface area contributed by atoms with Crippen LogP contribution < -0.4 is 15.4 Å². The molecule has 1 unspecified atom stereocenters. The third kappa shape index (κ3) is 4.16. The topological polar surface area (TPSA) is 63.5 Å². The maximum absolute atomic E-state index is 6.47. The Labute approximate surface area is 167 Å². The zero-order valence-electron chi connectivity index (χ0n) is 16.9. The van der Waals surface area contributed by atoms with Crippen molar-refractivity contribution in [3.8, 4) is 5.75 Å². The van der Waals surface area contributed by atoms with Crippen molar-refractivity contribution in [1.82, 2.24) is 20.4 Å². The van der Waals surface area contributed by atoms with Crippen LogP contribution in [0.2, 0.25) is 0 Å². The Hall–Kier alpha value is -2.50. The maximum Gasteiger partial charge on any atom is 0.191 e. The van der Waals surface area contributed by atoms with E-state index in [1.54, 1.807) is 0 Å². The number of fused-ring (bicyclic) bond motifs is 1. The second-order valence-corrected chi connectivity index (χ2v) is 8.06. The van der Waals surface area contributed by atoms with Crippen molar-refractivity contribution < 1.29 is 4.74 Å². The number of hydrogen-bond donors (Lipinski definition) is 2. The standard InChI is InChI=1S/C22H31N5O/c1-17-15-25-27(16-17)13-7-12-24-21(23-2)26-19-14-22(10-5-6-11-22)28-20-9-4-3-8-18(19)20/h3-4,8-9,15-16,19H,5-7,10-14H2,1-2H3,(H2,23,24,26). The van der Waals surface area contributed by atoms with Gasteiger partial charge < -0.3 is 15.4 Å². The van der Waals surface area contributed by atoms with Crippen LogP contribution in [0.25, 0.3) is 0 Å². The molecule has 0 bridgehead atoms. The van der Waals surface area contributed by atoms with Gasteiger partial charge in [-0.05, 0) is 50.7 Å². The quantitative estimate of drug-likeness (QED) is 0.472. The van der Waals surface area contributed by atoms with Gasteiger partial charge in [0.15, 0.2) is 5.96 Å². The van der Waals surface area contributed by atoms with Crippen LogP contribution in [-0.4, -0.2) is 34.9 Å². The summed E-state index contributed by atoms with van der Waals surface area (Å²) in [5.41, 5.74) is 2.42. The van der Waals surface area contributed by atoms with Crippen molar-refractivity contribution in [1.29, 1.82) is 0 Å². The van der Waals surface area contributed by atoms with Crippen molar-refractivity contribution in [2.24, 2.45) is 4.99 Å². The summed E-state index contributed by atoms with van der Waals surface area (Å²) in [5.74, 6) is 1.88. The Morgan fingerprint density at radius 2 is 2.14 bits per heavy atom. The molecule has 1 spiro atoms. The van der Waals surface area contributed by atoms with Crippen molar-refractivity contribution in [3.63, 3.8) is 0 Å². The predicted molar refractivity (Wildman–Crippen MR) is 112 cm³/mol. The van der Waals surface area contributed by atoms with E-state index in [2.05, 4.69) is 58.1 Å². The van der Waals surface area contributed by atoms with Gasteiger partial charge in [-0.3, -0.25) is 9.67 Å². The molecule has 28 heavy (non-hydrogen) atoms. The zero-order valence-corrected chi connectivity index (χ0v) is 16.9. The third-order valence-electron chi connectivity index (χ3n) is 5.87. The lowest BCUT2D eigenvalue weighted by Gasteiger charge is -2.40. The third-order valence-corrected chi connectivity index (χ3v) is 5.87. The van der Waals surface area contributed by atoms with Gasteiger partial charge in [0.25, 0.3) is 0 Å². The number of para-hydroxylation sites is 1. The average Bonchev–Trinajstić information content (AvgIpc) is 3.33. The molecule has 2 aromatic rings. The Bertz CT molecular complexity index is 822. The van der Waals surface area contributed by atoms with Gasteiger partial charge in [-0.1, -0.05) is 18.2 Å². The highest BCUT2D eigenvalue weighted by Gasteiger charge is 2.43. The van der Waals surface area contributed by atoms with E-state index in [0.29, 0.717) is 0 Å². The molecule has 1 saturated carbocycles. The number of rotatable bonds is 5. The summed E-state index contributed by atoms with van der Waals surface area (Å²) in [6.07, 6.45) is 10.8. The zero-order chi connectivity index (χ0) is 19.4. The van der Waals surface area contributed by atoms with E-state index >= 15 is 0 Å². The minimum Gasteiger partial charge on any atom is -0.487 e. The van der Waals surface area contributed by atoms with E-state index in [9.17, 15) is 0 Å². The van der Waals surface area contributed by atoms with Gasteiger partial charge in [-0.25, -0.2) is 0 Å². The molecule has 6 nitrogen and oxygen atoms in total. The molecule has 6 heteroatoms. The molecule has 0 saturated heterocycles. The number of guanidine groups is 1. The van der Waals surface area contributed by atoms with Crippen LogP contribution in [-0.2, 0) is 6.54 Å². The van der Waals surface area contributed by atoms with Crippen LogP contribution in [0.5, 0.6) is 5.75 Å². The van der Waals surface area contributed by atoms with Gasteiger partial charge in [0.05, 0.1) is 12.2 Å². The van der Waals surface area contributed by atoms with Gasteiger partial charge >= 0.3 is 0 Å². The van der Waals surface area contributed by atoms with Crippen LogP contribution >= 0.6 is 0 Å². The predicted octanol–water partition coefficient (Wildman–Crippen LogP) is 3.58. The lowest BCUT2D eigenvalue weighted by molar-refractivity contribution is 0.0396. The molecule has 4 rings (SSSR count). The molecule has 0 amide bonds. The Morgan fingerprint density at radius 3 is 2.89 bits per heavy atom. The van der Waals surface area contributed by atoms with Crippen LogP contribution in [0.1, 0.15) is 55.7 Å². The first-order valence-electron chi connectivity index (χ1n) is 10.4. The monoisotopic (exact) mass is 381 g/mol. The molecule has 0 radical (unpaired) electrons. The lowest BCUT2D eigenvalue weighted by Crippen LogP contribution is -2.46. The normalized spacial score (nSPS) is 20.6. The first-order chi connectivity index (χ1) is 13.7. The average molecular weight is 382 g/mol. The Morgan fingerprint density at radius 1 is 1.32 bits per heavy atom. The number of hydrogen-bond acceptors (Lipinski definition) is 3. The molecular weight excluding hydrogens is 350 g/mol. The number of benzene rings is 1. The van der Waals surface area contributed by atoms with E-state index in [1.165, 1.54) is 24.0 Å². The van der Waals surface area contributed by atoms with E-state index in [1.807, 2.05) is 17.9 Å². The Balaban J connectivity index is 1.37.